The van der Waals surface area contributed by atoms with Gasteiger partial charge in [-0.1, -0.05) is 19.9 Å². The third kappa shape index (κ3) is 10.4. The number of aliphatic hydroxyl groups excluding tert-OH is 17. The summed E-state index contributed by atoms with van der Waals surface area (Å²) in [7, 11) is 0. The van der Waals surface area contributed by atoms with Crippen LogP contribution in [0.25, 0.3) is 0 Å². The van der Waals surface area contributed by atoms with Gasteiger partial charge in [0.25, 0.3) is 0 Å². The van der Waals surface area contributed by atoms with Gasteiger partial charge >= 0.3 is 5.97 Å². The lowest BCUT2D eigenvalue weighted by Gasteiger charge is -2.64. The van der Waals surface area contributed by atoms with Crippen molar-refractivity contribution >= 4 is 5.97 Å². The highest BCUT2D eigenvalue weighted by atomic mass is 16.8. The van der Waals surface area contributed by atoms with Crippen LogP contribution >= 0.6 is 0 Å². The minimum Gasteiger partial charge on any atom is -0.432 e. The summed E-state index contributed by atoms with van der Waals surface area (Å²) in [5, 5.41) is 180. The van der Waals surface area contributed by atoms with Crippen molar-refractivity contribution in [1.82, 2.24) is 0 Å². The van der Waals surface area contributed by atoms with Crippen LogP contribution in [0, 0.1) is 28.1 Å². The van der Waals surface area contributed by atoms with Crippen LogP contribution in [0.3, 0.4) is 0 Å². The molecule has 0 aromatic heterocycles. The first kappa shape index (κ1) is 60.8. The summed E-state index contributed by atoms with van der Waals surface area (Å²) in [6.07, 6.45) is -39.2. The summed E-state index contributed by atoms with van der Waals surface area (Å²) in [6.45, 7) is 4.59. The van der Waals surface area contributed by atoms with E-state index in [2.05, 4.69) is 13.5 Å². The molecule has 0 radical (unpaired) electrons. The van der Waals surface area contributed by atoms with Crippen molar-refractivity contribution < 1.29 is 139 Å². The van der Waals surface area contributed by atoms with E-state index in [1.54, 1.807) is 6.92 Å². The minimum atomic E-state index is -1.99. The van der Waals surface area contributed by atoms with Gasteiger partial charge in [0.2, 0.25) is 6.29 Å². The van der Waals surface area contributed by atoms with Gasteiger partial charge in [-0.15, -0.1) is 0 Å². The predicted molar refractivity (Wildman–Crippen MR) is 252 cm³/mol. The van der Waals surface area contributed by atoms with E-state index >= 15 is 0 Å². The third-order valence-electron chi connectivity index (χ3n) is 19.2. The molecule has 9 aliphatic rings. The molecule has 0 aromatic rings. The van der Waals surface area contributed by atoms with E-state index < -0.39 is 214 Å². The van der Waals surface area contributed by atoms with E-state index in [0.717, 1.165) is 0 Å². The first-order chi connectivity index (χ1) is 36.8. The Morgan fingerprint density at radius 3 is 1.51 bits per heavy atom. The Bertz CT molecular complexity index is 2070. The first-order valence-corrected chi connectivity index (χ1v) is 26.9. The predicted octanol–water partition coefficient (Wildman–Crippen LogP) is -7.29. The quantitative estimate of drug-likeness (QED) is 0.0411. The Balaban J connectivity index is 0.933. The topological polar surface area (TPSA) is 453 Å². The lowest BCUT2D eigenvalue weighted by Crippen LogP contribution is -2.68. The van der Waals surface area contributed by atoms with E-state index in [0.29, 0.717) is 63.4 Å². The molecule has 31 atom stereocenters. The SMILES string of the molecule is C=C1C[C@@]23CC[C@H]4[C@@](C)(CCC[C@@]4(C)C(=O)OC4OC(COC5OC(CO)C(O)C(O)C5O)C(O)C(O)C4O)[C@@H]2CCC1(OC1OC(CO)C(O)C(OC2OC(CO)C(O)C(O)C2O)C1OC1OC(CO)C(O)C(O)C1O)C3. The molecule has 0 amide bonds. The summed E-state index contributed by atoms with van der Waals surface area (Å²) >= 11 is 0. The molecule has 4 aliphatic carbocycles. The van der Waals surface area contributed by atoms with Crippen LogP contribution < -0.4 is 0 Å². The highest BCUT2D eigenvalue weighted by Gasteiger charge is 2.70. The van der Waals surface area contributed by atoms with Gasteiger partial charge in [0, 0.05) is 0 Å². The average Bonchev–Trinajstić information content (AvgIpc) is 3.54. The van der Waals surface area contributed by atoms with Crippen molar-refractivity contribution in [3.8, 4) is 0 Å². The maximum absolute atomic E-state index is 14.7. The van der Waals surface area contributed by atoms with Gasteiger partial charge in [0.15, 0.2) is 25.2 Å². The third-order valence-corrected chi connectivity index (χ3v) is 19.2. The number of esters is 1. The standard InChI is InChI=1S/C50H80O28/c1-18-11-49-9-5-24-47(2,7-4-8-48(24,3)46(68)77-44-38(67)34(63)29(58)23(74-44)16-69-41-35(64)31(60)26(55)19(12-51)70-41)25(49)6-10-50(18,17-49)78-45-40(76-43-37(66)33(62)28(57)21(14-53)72-43)39(30(59)22(15-54)73-45)75-42-36(65)32(61)27(56)20(13-52)71-42/h19-45,51-67H,1,4-17H2,2-3H3/t19?,20?,21?,22?,23?,24-,25-,26?,27?,28?,29?,30?,31?,32?,33?,34?,35?,36?,37?,38?,39?,40?,41?,42?,43?,44?,45?,47+,48+,49+,50?/m0/s1. The van der Waals surface area contributed by atoms with Crippen molar-refractivity contribution in [2.45, 2.75) is 231 Å². The molecule has 448 valence electrons. The van der Waals surface area contributed by atoms with Crippen LogP contribution in [0.5, 0.6) is 0 Å². The Morgan fingerprint density at radius 1 is 0.513 bits per heavy atom. The van der Waals surface area contributed by atoms with Crippen molar-refractivity contribution in [1.29, 1.82) is 0 Å². The average molecular weight is 1130 g/mol. The zero-order valence-electron chi connectivity index (χ0n) is 43.3. The van der Waals surface area contributed by atoms with Gasteiger partial charge in [-0.05, 0) is 86.5 Å². The van der Waals surface area contributed by atoms with Gasteiger partial charge in [-0.2, -0.15) is 0 Å². The molecular formula is C50H80O28. The van der Waals surface area contributed by atoms with E-state index in [9.17, 15) is 91.6 Å². The van der Waals surface area contributed by atoms with Gasteiger partial charge in [0.05, 0.1) is 44.1 Å². The highest BCUT2D eigenvalue weighted by Crippen LogP contribution is 2.74. The molecule has 9 rings (SSSR count). The fourth-order valence-electron chi connectivity index (χ4n) is 14.9. The Morgan fingerprint density at radius 2 is 0.962 bits per heavy atom. The number of carbonyl (C=O) groups excluding carboxylic acids is 1. The van der Waals surface area contributed by atoms with Crippen LogP contribution in [0.2, 0.25) is 0 Å². The Kier molecular flexibility index (Phi) is 18.2. The second-order valence-corrected chi connectivity index (χ2v) is 23.7. The lowest BCUT2D eigenvalue weighted by molar-refractivity contribution is -0.400. The van der Waals surface area contributed by atoms with E-state index in [1.807, 2.05) is 0 Å². The molecule has 5 aliphatic heterocycles. The van der Waals surface area contributed by atoms with Gasteiger partial charge < -0.3 is 134 Å². The Labute approximate surface area is 448 Å². The van der Waals surface area contributed by atoms with Crippen molar-refractivity contribution in [3.05, 3.63) is 12.2 Å². The van der Waals surface area contributed by atoms with Crippen molar-refractivity contribution in [2.75, 3.05) is 33.0 Å². The molecule has 4 saturated carbocycles. The maximum Gasteiger partial charge on any atom is 0.314 e. The van der Waals surface area contributed by atoms with E-state index in [1.165, 1.54) is 0 Å². The van der Waals surface area contributed by atoms with Crippen LogP contribution in [0.1, 0.15) is 71.6 Å². The number of ether oxygens (including phenoxy) is 10. The molecule has 1 spiro atoms. The van der Waals surface area contributed by atoms with Crippen LogP contribution in [0.15, 0.2) is 12.2 Å². The fraction of sp³-hybridized carbons (Fsp3) is 0.940. The summed E-state index contributed by atoms with van der Waals surface area (Å²) < 4.78 is 59.7. The molecule has 5 heterocycles. The molecule has 0 aromatic carbocycles. The molecule has 5 saturated heterocycles. The molecule has 78 heavy (non-hydrogen) atoms. The number of hydrogen-bond acceptors (Lipinski definition) is 28. The largest absolute Gasteiger partial charge is 0.432 e. The summed E-state index contributed by atoms with van der Waals surface area (Å²) in [5.41, 5.74) is -2.70. The smallest absolute Gasteiger partial charge is 0.314 e. The monoisotopic (exact) mass is 1130 g/mol. The highest BCUT2D eigenvalue weighted by molar-refractivity contribution is 5.77. The van der Waals surface area contributed by atoms with Gasteiger partial charge in [-0.25, -0.2) is 0 Å². The summed E-state index contributed by atoms with van der Waals surface area (Å²) in [6, 6.07) is 0. The number of fused-ring (bicyclic) bond motifs is 3. The number of hydrogen-bond donors (Lipinski definition) is 17. The van der Waals surface area contributed by atoms with Gasteiger partial charge in [0.1, 0.15) is 122 Å². The zero-order chi connectivity index (χ0) is 56.7. The first-order valence-electron chi connectivity index (χ1n) is 26.9. The molecule has 17 N–H and O–H groups in total. The summed E-state index contributed by atoms with van der Waals surface area (Å²) in [5.74, 6) is -1.07. The second-order valence-electron chi connectivity index (χ2n) is 23.7. The number of rotatable bonds is 15. The van der Waals surface area contributed by atoms with E-state index in [4.69, 9.17) is 47.4 Å². The van der Waals surface area contributed by atoms with E-state index in [-0.39, 0.29) is 11.8 Å². The van der Waals surface area contributed by atoms with Gasteiger partial charge in [-0.3, -0.25) is 4.79 Å². The zero-order valence-corrected chi connectivity index (χ0v) is 43.3. The van der Waals surface area contributed by atoms with Crippen molar-refractivity contribution in [3.63, 3.8) is 0 Å². The Hall–Kier alpha value is -1.83. The minimum absolute atomic E-state index is 0.0488. The maximum atomic E-state index is 14.7. The lowest BCUT2D eigenvalue weighted by atomic mass is 9.41. The molecular weight excluding hydrogens is 1050 g/mol. The van der Waals surface area contributed by atoms with Crippen LogP contribution in [-0.2, 0) is 52.2 Å². The second kappa shape index (κ2) is 23.3. The fourth-order valence-corrected chi connectivity index (χ4v) is 14.9. The molecule has 2 bridgehead atoms. The van der Waals surface area contributed by atoms with Crippen LogP contribution in [-0.4, -0.2) is 285 Å². The van der Waals surface area contributed by atoms with Crippen molar-refractivity contribution in [2.24, 2.45) is 28.1 Å². The molecule has 26 unspecified atom stereocenters. The molecule has 9 fully saturated rings. The van der Waals surface area contributed by atoms with Crippen LogP contribution in [0.4, 0.5) is 0 Å². The number of carbonyl (C=O) groups is 1. The molecule has 28 heteroatoms. The normalized spacial score (nSPS) is 54.5. The summed E-state index contributed by atoms with van der Waals surface area (Å²) in [4.78, 5) is 14.7. The molecule has 28 nitrogen and oxygen atoms in total. The number of aliphatic hydroxyl groups is 17.